The van der Waals surface area contributed by atoms with Crippen molar-refractivity contribution in [1.29, 1.82) is 0 Å². The summed E-state index contributed by atoms with van der Waals surface area (Å²) >= 11 is 3.35. The van der Waals surface area contributed by atoms with Gasteiger partial charge < -0.3 is 10.2 Å². The van der Waals surface area contributed by atoms with Crippen LogP contribution in [0.25, 0.3) is 0 Å². The Balaban J connectivity index is 1.59. The van der Waals surface area contributed by atoms with Gasteiger partial charge in [0.05, 0.1) is 0 Å². The van der Waals surface area contributed by atoms with Crippen molar-refractivity contribution in [3.63, 3.8) is 0 Å². The lowest BCUT2D eigenvalue weighted by Gasteiger charge is -2.16. The Morgan fingerprint density at radius 1 is 1.09 bits per heavy atom. The predicted octanol–water partition coefficient (Wildman–Crippen LogP) is 3.51. The second-order valence-corrected chi connectivity index (χ2v) is 6.42. The number of hydrogen-bond donors (Lipinski definition) is 1. The van der Waals surface area contributed by atoms with Gasteiger partial charge in [0.1, 0.15) is 0 Å². The molecule has 2 aromatic carbocycles. The Bertz CT molecular complexity index is 711. The summed E-state index contributed by atoms with van der Waals surface area (Å²) < 4.78 is 0.945. The summed E-state index contributed by atoms with van der Waals surface area (Å²) in [4.78, 5) is 25.6. The van der Waals surface area contributed by atoms with Crippen LogP contribution in [0.2, 0.25) is 0 Å². The van der Waals surface area contributed by atoms with Crippen LogP contribution in [0.3, 0.4) is 0 Å². The molecule has 1 saturated heterocycles. The van der Waals surface area contributed by atoms with Crippen LogP contribution in [-0.2, 0) is 11.3 Å². The van der Waals surface area contributed by atoms with Gasteiger partial charge in [-0.1, -0.05) is 28.1 Å². The van der Waals surface area contributed by atoms with Gasteiger partial charge in [0.2, 0.25) is 5.91 Å². The third-order valence-corrected chi connectivity index (χ3v) is 4.41. The molecular formula is C18H17BrN2O2. The molecule has 1 aliphatic rings. The standard InChI is InChI=1S/C18H17BrN2O2/c19-15-7-5-14(6-8-15)18(23)20-12-13-3-9-16(10-4-13)21-11-1-2-17(21)22/h3-10H,1-2,11-12H2,(H,20,23). The zero-order valence-electron chi connectivity index (χ0n) is 12.6. The van der Waals surface area contributed by atoms with Crippen LogP contribution >= 0.6 is 15.9 Å². The first kappa shape index (κ1) is 15.7. The summed E-state index contributed by atoms with van der Waals surface area (Å²) in [5, 5.41) is 2.90. The van der Waals surface area contributed by atoms with Crippen molar-refractivity contribution in [3.8, 4) is 0 Å². The first-order valence-electron chi connectivity index (χ1n) is 7.56. The average molecular weight is 373 g/mol. The highest BCUT2D eigenvalue weighted by atomic mass is 79.9. The first-order chi connectivity index (χ1) is 11.1. The molecule has 0 radical (unpaired) electrons. The number of nitrogens with zero attached hydrogens (tertiary/aromatic N) is 1. The molecule has 0 saturated carbocycles. The van der Waals surface area contributed by atoms with E-state index in [9.17, 15) is 9.59 Å². The summed E-state index contributed by atoms with van der Waals surface area (Å²) in [6.45, 7) is 1.25. The summed E-state index contributed by atoms with van der Waals surface area (Å²) in [6, 6.07) is 15.0. The lowest BCUT2D eigenvalue weighted by Crippen LogP contribution is -2.24. The third-order valence-electron chi connectivity index (χ3n) is 3.88. The Labute approximate surface area is 143 Å². The molecule has 5 heteroatoms. The molecule has 3 rings (SSSR count). The number of rotatable bonds is 4. The fraction of sp³-hybridized carbons (Fsp3) is 0.222. The molecular weight excluding hydrogens is 356 g/mol. The highest BCUT2D eigenvalue weighted by Gasteiger charge is 2.21. The maximum atomic E-state index is 12.1. The average Bonchev–Trinajstić information content (AvgIpc) is 3.00. The fourth-order valence-corrected chi connectivity index (χ4v) is 2.86. The van der Waals surface area contributed by atoms with Crippen LogP contribution in [-0.4, -0.2) is 18.4 Å². The number of carbonyl (C=O) groups excluding carboxylic acids is 2. The summed E-state index contributed by atoms with van der Waals surface area (Å²) in [6.07, 6.45) is 1.55. The first-order valence-corrected chi connectivity index (χ1v) is 8.36. The molecule has 1 N–H and O–H groups in total. The summed E-state index contributed by atoms with van der Waals surface area (Å²) in [5.41, 5.74) is 2.56. The highest BCUT2D eigenvalue weighted by molar-refractivity contribution is 9.10. The van der Waals surface area contributed by atoms with Crippen LogP contribution in [0.15, 0.2) is 53.0 Å². The van der Waals surface area contributed by atoms with Crippen molar-refractivity contribution in [1.82, 2.24) is 5.32 Å². The maximum Gasteiger partial charge on any atom is 0.251 e. The number of amides is 2. The molecule has 118 valence electrons. The minimum absolute atomic E-state index is 0.101. The van der Waals surface area contributed by atoms with Crippen LogP contribution < -0.4 is 10.2 Å². The summed E-state index contributed by atoms with van der Waals surface area (Å²) in [5.74, 6) is 0.0811. The molecule has 0 unspecified atom stereocenters. The van der Waals surface area contributed by atoms with Crippen LogP contribution in [0, 0.1) is 0 Å². The van der Waals surface area contributed by atoms with E-state index in [2.05, 4.69) is 21.2 Å². The normalized spacial score (nSPS) is 14.1. The molecule has 2 aromatic rings. The van der Waals surface area contributed by atoms with Gasteiger partial charge in [-0.15, -0.1) is 0 Å². The van der Waals surface area contributed by atoms with Crippen molar-refractivity contribution in [2.75, 3.05) is 11.4 Å². The lowest BCUT2D eigenvalue weighted by atomic mass is 10.1. The van der Waals surface area contributed by atoms with Crippen molar-refractivity contribution < 1.29 is 9.59 Å². The van der Waals surface area contributed by atoms with Gasteiger partial charge in [-0.25, -0.2) is 0 Å². The highest BCUT2D eigenvalue weighted by Crippen LogP contribution is 2.21. The Morgan fingerprint density at radius 3 is 2.39 bits per heavy atom. The number of anilines is 1. The fourth-order valence-electron chi connectivity index (χ4n) is 2.60. The number of halogens is 1. The molecule has 0 spiro atoms. The van der Waals surface area contributed by atoms with Crippen LogP contribution in [0.4, 0.5) is 5.69 Å². The second kappa shape index (κ2) is 6.96. The van der Waals surface area contributed by atoms with E-state index in [-0.39, 0.29) is 11.8 Å². The SMILES string of the molecule is O=C(NCc1ccc(N2CCCC2=O)cc1)c1ccc(Br)cc1. The maximum absolute atomic E-state index is 12.1. The van der Waals surface area contributed by atoms with E-state index < -0.39 is 0 Å². The zero-order valence-corrected chi connectivity index (χ0v) is 14.2. The topological polar surface area (TPSA) is 49.4 Å². The van der Waals surface area contributed by atoms with Crippen molar-refractivity contribution >= 4 is 33.4 Å². The largest absolute Gasteiger partial charge is 0.348 e. The van der Waals surface area contributed by atoms with E-state index in [0.717, 1.165) is 28.7 Å². The number of hydrogen-bond acceptors (Lipinski definition) is 2. The Morgan fingerprint density at radius 2 is 1.78 bits per heavy atom. The molecule has 4 nitrogen and oxygen atoms in total. The molecule has 0 aromatic heterocycles. The predicted molar refractivity (Wildman–Crippen MR) is 93.3 cm³/mol. The molecule has 1 aliphatic heterocycles. The van der Waals surface area contributed by atoms with Crippen LogP contribution in [0.1, 0.15) is 28.8 Å². The van der Waals surface area contributed by atoms with E-state index in [1.807, 2.05) is 41.3 Å². The van der Waals surface area contributed by atoms with Gasteiger partial charge in [-0.3, -0.25) is 9.59 Å². The summed E-state index contributed by atoms with van der Waals surface area (Å²) in [7, 11) is 0. The monoisotopic (exact) mass is 372 g/mol. The van der Waals surface area contributed by atoms with Gasteiger partial charge in [0.25, 0.3) is 5.91 Å². The molecule has 1 fully saturated rings. The molecule has 1 heterocycles. The number of benzene rings is 2. The van der Waals surface area contributed by atoms with Gasteiger partial charge in [-0.05, 0) is 48.4 Å². The van der Waals surface area contributed by atoms with Crippen molar-refractivity contribution in [3.05, 3.63) is 64.1 Å². The smallest absolute Gasteiger partial charge is 0.251 e. The molecule has 2 amide bonds. The molecule has 0 atom stereocenters. The van der Waals surface area contributed by atoms with Crippen molar-refractivity contribution in [2.24, 2.45) is 0 Å². The zero-order chi connectivity index (χ0) is 16.2. The molecule has 23 heavy (non-hydrogen) atoms. The van der Waals surface area contributed by atoms with Crippen LogP contribution in [0.5, 0.6) is 0 Å². The second-order valence-electron chi connectivity index (χ2n) is 5.50. The lowest BCUT2D eigenvalue weighted by molar-refractivity contribution is -0.117. The molecule has 0 bridgehead atoms. The number of carbonyl (C=O) groups is 2. The Hall–Kier alpha value is -2.14. The minimum Gasteiger partial charge on any atom is -0.348 e. The van der Waals surface area contributed by atoms with Gasteiger partial charge in [-0.2, -0.15) is 0 Å². The quantitative estimate of drug-likeness (QED) is 0.892. The van der Waals surface area contributed by atoms with E-state index in [0.29, 0.717) is 18.5 Å². The minimum atomic E-state index is -0.101. The van der Waals surface area contributed by atoms with E-state index in [1.165, 1.54) is 0 Å². The van der Waals surface area contributed by atoms with Gasteiger partial charge in [0, 0.05) is 35.2 Å². The van der Waals surface area contributed by atoms with Gasteiger partial charge >= 0.3 is 0 Å². The number of nitrogens with one attached hydrogen (secondary N) is 1. The molecule has 0 aliphatic carbocycles. The third kappa shape index (κ3) is 3.79. The van der Waals surface area contributed by atoms with E-state index in [4.69, 9.17) is 0 Å². The van der Waals surface area contributed by atoms with Crippen molar-refractivity contribution in [2.45, 2.75) is 19.4 Å². The van der Waals surface area contributed by atoms with E-state index >= 15 is 0 Å². The van der Waals surface area contributed by atoms with E-state index in [1.54, 1.807) is 12.1 Å². The van der Waals surface area contributed by atoms with Gasteiger partial charge in [0.15, 0.2) is 0 Å². The Kier molecular flexibility index (Phi) is 4.76.